The summed E-state index contributed by atoms with van der Waals surface area (Å²) in [6, 6.07) is 10.9. The zero-order valence-electron chi connectivity index (χ0n) is 18.7. The maximum atomic E-state index is 14.6. The molecule has 0 aliphatic carbocycles. The first kappa shape index (κ1) is 25.4. The lowest BCUT2D eigenvalue weighted by Crippen LogP contribution is -2.36. The number of aliphatic imine (C=N–C) groups is 1. The van der Waals surface area contributed by atoms with Crippen LogP contribution in [0.1, 0.15) is 23.9 Å². The van der Waals surface area contributed by atoms with Crippen LogP contribution < -0.4 is 20.1 Å². The third kappa shape index (κ3) is 6.35. The van der Waals surface area contributed by atoms with Crippen LogP contribution in [-0.2, 0) is 13.1 Å². The minimum Gasteiger partial charge on any atom is -0.493 e. The maximum Gasteiger partial charge on any atom is 0.191 e. The zero-order chi connectivity index (χ0) is 22.2. The Bertz CT molecular complexity index is 1050. The molecule has 0 unspecified atom stereocenters. The highest BCUT2D eigenvalue weighted by Crippen LogP contribution is 2.27. The van der Waals surface area contributed by atoms with Crippen molar-refractivity contribution in [1.29, 1.82) is 0 Å². The molecule has 172 valence electrons. The van der Waals surface area contributed by atoms with Gasteiger partial charge in [0.1, 0.15) is 11.6 Å². The lowest BCUT2D eigenvalue weighted by Gasteiger charge is -2.13. The van der Waals surface area contributed by atoms with Crippen LogP contribution in [0.5, 0.6) is 11.5 Å². The summed E-state index contributed by atoms with van der Waals surface area (Å²) in [5, 5.41) is 6.50. The second kappa shape index (κ2) is 12.3. The molecule has 0 aliphatic heterocycles. The Morgan fingerprint density at radius 2 is 1.81 bits per heavy atom. The molecule has 0 atom stereocenters. The van der Waals surface area contributed by atoms with Crippen LogP contribution in [0.3, 0.4) is 0 Å². The Kier molecular flexibility index (Phi) is 9.76. The molecule has 3 aromatic rings. The zero-order valence-corrected chi connectivity index (χ0v) is 21.0. The molecule has 1 aromatic heterocycles. The van der Waals surface area contributed by atoms with Gasteiger partial charge in [-0.2, -0.15) is 0 Å². The second-order valence-electron chi connectivity index (χ2n) is 6.87. The van der Waals surface area contributed by atoms with Crippen molar-refractivity contribution in [2.75, 3.05) is 20.8 Å². The second-order valence-corrected chi connectivity index (χ2v) is 6.87. The number of halogens is 2. The third-order valence-corrected chi connectivity index (χ3v) is 4.77. The monoisotopic (exact) mass is 553 g/mol. The van der Waals surface area contributed by atoms with Gasteiger partial charge in [0.05, 0.1) is 26.5 Å². The van der Waals surface area contributed by atoms with E-state index >= 15 is 0 Å². The number of benzene rings is 2. The van der Waals surface area contributed by atoms with Gasteiger partial charge >= 0.3 is 0 Å². The molecule has 32 heavy (non-hydrogen) atoms. The number of methoxy groups -OCH3 is 2. The minimum absolute atomic E-state index is 0. The van der Waals surface area contributed by atoms with Gasteiger partial charge in [0, 0.05) is 25.5 Å². The smallest absolute Gasteiger partial charge is 0.191 e. The van der Waals surface area contributed by atoms with Gasteiger partial charge in [-0.05, 0) is 49.2 Å². The first-order valence-corrected chi connectivity index (χ1v) is 10.1. The van der Waals surface area contributed by atoms with Crippen LogP contribution in [0.2, 0.25) is 0 Å². The highest BCUT2D eigenvalue weighted by atomic mass is 127. The quantitative estimate of drug-likeness (QED) is 0.249. The molecule has 0 saturated heterocycles. The minimum atomic E-state index is -0.308. The van der Waals surface area contributed by atoms with Crippen LogP contribution in [0.15, 0.2) is 53.8 Å². The number of hydrogen-bond donors (Lipinski definition) is 2. The summed E-state index contributed by atoms with van der Waals surface area (Å²) >= 11 is 0. The molecule has 2 N–H and O–H groups in total. The normalized spacial score (nSPS) is 11.0. The number of aryl methyl sites for hydroxylation is 1. The highest BCUT2D eigenvalue weighted by molar-refractivity contribution is 14.0. The number of ether oxygens (including phenoxy) is 2. The van der Waals surface area contributed by atoms with E-state index in [9.17, 15) is 4.39 Å². The van der Waals surface area contributed by atoms with Gasteiger partial charge in [-0.15, -0.1) is 24.0 Å². The van der Waals surface area contributed by atoms with Gasteiger partial charge in [0.15, 0.2) is 17.5 Å². The van der Waals surface area contributed by atoms with Crippen LogP contribution >= 0.6 is 24.0 Å². The molecule has 2 aromatic carbocycles. The molecule has 0 fully saturated rings. The summed E-state index contributed by atoms with van der Waals surface area (Å²) in [6.45, 7) is 5.45. The van der Waals surface area contributed by atoms with E-state index < -0.39 is 0 Å². The molecule has 0 saturated carbocycles. The average molecular weight is 553 g/mol. The van der Waals surface area contributed by atoms with Gasteiger partial charge in [0.25, 0.3) is 0 Å². The Morgan fingerprint density at radius 1 is 1.06 bits per heavy atom. The molecule has 0 spiro atoms. The van der Waals surface area contributed by atoms with Crippen LogP contribution in [-0.4, -0.2) is 36.3 Å². The number of nitrogens with zero attached hydrogens (tertiary/aromatic N) is 3. The predicted octanol–water partition coefficient (Wildman–Crippen LogP) is 4.21. The van der Waals surface area contributed by atoms with E-state index in [1.807, 2.05) is 38.1 Å². The molecule has 1 heterocycles. The van der Waals surface area contributed by atoms with Crippen molar-refractivity contribution in [1.82, 2.24) is 20.2 Å². The molecule has 3 rings (SSSR count). The molecule has 7 nitrogen and oxygen atoms in total. The number of nitrogens with one attached hydrogen (secondary N) is 2. The van der Waals surface area contributed by atoms with E-state index in [2.05, 4.69) is 20.6 Å². The topological polar surface area (TPSA) is 72.7 Å². The summed E-state index contributed by atoms with van der Waals surface area (Å²) in [5.41, 5.74) is 2.28. The van der Waals surface area contributed by atoms with Crippen LogP contribution in [0, 0.1) is 12.7 Å². The van der Waals surface area contributed by atoms with Gasteiger partial charge in [-0.3, -0.25) is 0 Å². The van der Waals surface area contributed by atoms with Crippen LogP contribution in [0.4, 0.5) is 4.39 Å². The number of guanidine groups is 1. The van der Waals surface area contributed by atoms with Crippen molar-refractivity contribution in [2.45, 2.75) is 26.9 Å². The molecule has 0 aliphatic rings. The van der Waals surface area contributed by atoms with E-state index in [-0.39, 0.29) is 29.8 Å². The van der Waals surface area contributed by atoms with Crippen molar-refractivity contribution < 1.29 is 13.9 Å². The first-order chi connectivity index (χ1) is 15.0. The van der Waals surface area contributed by atoms with E-state index in [1.54, 1.807) is 37.2 Å². The lowest BCUT2D eigenvalue weighted by molar-refractivity contribution is 0.354. The Balaban J connectivity index is 0.00000363. The standard InChI is InChI=1S/C23H28FN5O2.HI/c1-5-25-23(28-15-18-7-9-21(30-3)22(13-18)31-4)27-14-17-6-8-20(19(24)12-17)29-11-10-26-16(29)2;/h6-13H,5,14-15H2,1-4H3,(H2,25,27,28);1H. The Hall–Kier alpha value is -2.82. The van der Waals surface area contributed by atoms with E-state index in [0.29, 0.717) is 42.8 Å². The molecular formula is C23H29FIN5O2. The summed E-state index contributed by atoms with van der Waals surface area (Å²) < 4.78 is 27.0. The Morgan fingerprint density at radius 3 is 2.44 bits per heavy atom. The van der Waals surface area contributed by atoms with Crippen molar-refractivity contribution >= 4 is 29.9 Å². The predicted molar refractivity (Wildman–Crippen MR) is 135 cm³/mol. The number of aromatic nitrogens is 2. The summed E-state index contributed by atoms with van der Waals surface area (Å²) in [4.78, 5) is 8.72. The fourth-order valence-corrected chi connectivity index (χ4v) is 3.17. The Labute approximate surface area is 205 Å². The van der Waals surface area contributed by atoms with E-state index in [0.717, 1.165) is 17.0 Å². The first-order valence-electron chi connectivity index (χ1n) is 10.1. The van der Waals surface area contributed by atoms with Crippen molar-refractivity contribution in [3.8, 4) is 17.2 Å². The largest absolute Gasteiger partial charge is 0.493 e. The number of rotatable bonds is 8. The summed E-state index contributed by atoms with van der Waals surface area (Å²) in [6.07, 6.45) is 3.40. The summed E-state index contributed by atoms with van der Waals surface area (Å²) in [5.74, 6) is 2.43. The third-order valence-electron chi connectivity index (χ3n) is 4.77. The maximum absolute atomic E-state index is 14.6. The number of imidazole rings is 1. The molecule has 0 amide bonds. The molecule has 9 heteroatoms. The fourth-order valence-electron chi connectivity index (χ4n) is 3.17. The van der Waals surface area contributed by atoms with Crippen molar-refractivity contribution in [3.63, 3.8) is 0 Å². The SMILES string of the molecule is CCNC(=NCc1ccc(-n2ccnc2C)c(F)c1)NCc1ccc(OC)c(OC)c1.I. The summed E-state index contributed by atoms with van der Waals surface area (Å²) in [7, 11) is 3.22. The number of hydrogen-bond acceptors (Lipinski definition) is 4. The average Bonchev–Trinajstić information content (AvgIpc) is 3.21. The van der Waals surface area contributed by atoms with Gasteiger partial charge in [-0.25, -0.2) is 14.4 Å². The van der Waals surface area contributed by atoms with Crippen molar-refractivity contribution in [2.24, 2.45) is 4.99 Å². The van der Waals surface area contributed by atoms with Gasteiger partial charge in [-0.1, -0.05) is 12.1 Å². The van der Waals surface area contributed by atoms with E-state index in [4.69, 9.17) is 9.47 Å². The van der Waals surface area contributed by atoms with E-state index in [1.165, 1.54) is 6.07 Å². The molecular weight excluding hydrogens is 524 g/mol. The lowest BCUT2D eigenvalue weighted by atomic mass is 10.2. The molecule has 0 radical (unpaired) electrons. The van der Waals surface area contributed by atoms with Crippen molar-refractivity contribution in [3.05, 3.63) is 71.6 Å². The van der Waals surface area contributed by atoms with Crippen LogP contribution in [0.25, 0.3) is 5.69 Å². The molecule has 0 bridgehead atoms. The fraction of sp³-hybridized carbons (Fsp3) is 0.304. The van der Waals surface area contributed by atoms with Gasteiger partial charge < -0.3 is 24.7 Å². The highest BCUT2D eigenvalue weighted by Gasteiger charge is 2.09. The van der Waals surface area contributed by atoms with Gasteiger partial charge in [0.2, 0.25) is 0 Å².